The molecule has 4 heteroatoms. The van der Waals surface area contributed by atoms with Gasteiger partial charge in [-0.15, -0.1) is 12.4 Å². The van der Waals surface area contributed by atoms with Crippen LogP contribution in [-0.2, 0) is 4.79 Å². The number of amides is 1. The van der Waals surface area contributed by atoms with E-state index in [0.717, 1.165) is 38.8 Å². The zero-order valence-electron chi connectivity index (χ0n) is 9.76. The third kappa shape index (κ3) is 13.7. The van der Waals surface area contributed by atoms with Gasteiger partial charge in [0.25, 0.3) is 0 Å². The Balaban J connectivity index is 0. The van der Waals surface area contributed by atoms with E-state index in [-0.39, 0.29) is 18.3 Å². The lowest BCUT2D eigenvalue weighted by Crippen LogP contribution is -2.23. The summed E-state index contributed by atoms with van der Waals surface area (Å²) in [6, 6.07) is 0. The molecule has 0 aromatic rings. The van der Waals surface area contributed by atoms with E-state index in [0.29, 0.717) is 6.42 Å². The maximum Gasteiger partial charge on any atom is 0.219 e. The van der Waals surface area contributed by atoms with Crippen molar-refractivity contribution in [3.05, 3.63) is 0 Å². The molecule has 3 nitrogen and oxygen atoms in total. The number of hydrogen-bond acceptors (Lipinski definition) is 2. The molecule has 0 aromatic heterocycles. The van der Waals surface area contributed by atoms with Crippen LogP contribution < -0.4 is 11.1 Å². The van der Waals surface area contributed by atoms with E-state index in [4.69, 9.17) is 5.73 Å². The van der Waals surface area contributed by atoms with Gasteiger partial charge in [-0.25, -0.2) is 0 Å². The summed E-state index contributed by atoms with van der Waals surface area (Å²) < 4.78 is 0. The van der Waals surface area contributed by atoms with Gasteiger partial charge in [-0.3, -0.25) is 4.79 Å². The summed E-state index contributed by atoms with van der Waals surface area (Å²) in [5.41, 5.74) is 5.36. The Morgan fingerprint density at radius 3 is 2.47 bits per heavy atom. The van der Waals surface area contributed by atoms with Gasteiger partial charge in [0.15, 0.2) is 0 Å². The Kier molecular flexibility index (Phi) is 15.7. The molecule has 0 aliphatic carbocycles. The van der Waals surface area contributed by atoms with Crippen LogP contribution in [0.25, 0.3) is 0 Å². The van der Waals surface area contributed by atoms with Gasteiger partial charge in [0.2, 0.25) is 5.91 Å². The molecule has 0 saturated carbocycles. The van der Waals surface area contributed by atoms with E-state index in [2.05, 4.69) is 12.2 Å². The molecule has 0 saturated heterocycles. The summed E-state index contributed by atoms with van der Waals surface area (Å²) in [7, 11) is 0. The molecular weight excluding hydrogens is 212 g/mol. The van der Waals surface area contributed by atoms with E-state index in [1.165, 1.54) is 12.8 Å². The fourth-order valence-corrected chi connectivity index (χ4v) is 1.30. The average Bonchev–Trinajstić information content (AvgIpc) is 2.19. The lowest BCUT2D eigenvalue weighted by atomic mass is 10.2. The van der Waals surface area contributed by atoms with Crippen molar-refractivity contribution in [2.75, 3.05) is 13.1 Å². The molecule has 0 aromatic carbocycles. The smallest absolute Gasteiger partial charge is 0.219 e. The predicted molar refractivity (Wildman–Crippen MR) is 67.3 cm³/mol. The quantitative estimate of drug-likeness (QED) is 0.604. The van der Waals surface area contributed by atoms with E-state index in [1.54, 1.807) is 0 Å². The summed E-state index contributed by atoms with van der Waals surface area (Å²) in [5, 5.41) is 2.92. The van der Waals surface area contributed by atoms with Crippen LogP contribution >= 0.6 is 12.4 Å². The number of carbonyl (C=O) groups excluding carboxylic acids is 1. The summed E-state index contributed by atoms with van der Waals surface area (Å²) in [5.74, 6) is 0.193. The molecule has 0 heterocycles. The second-order valence-corrected chi connectivity index (χ2v) is 3.66. The van der Waals surface area contributed by atoms with Crippen LogP contribution in [0.3, 0.4) is 0 Å². The van der Waals surface area contributed by atoms with Gasteiger partial charge in [0, 0.05) is 13.0 Å². The van der Waals surface area contributed by atoms with E-state index < -0.39 is 0 Å². The maximum atomic E-state index is 11.2. The second kappa shape index (κ2) is 13.7. The van der Waals surface area contributed by atoms with Gasteiger partial charge in [0.05, 0.1) is 0 Å². The molecule has 3 N–H and O–H groups in total. The first-order chi connectivity index (χ1) is 6.81. The molecule has 0 aliphatic rings. The van der Waals surface area contributed by atoms with Gasteiger partial charge in [-0.2, -0.15) is 0 Å². The number of nitrogens with two attached hydrogens (primary N) is 1. The van der Waals surface area contributed by atoms with Crippen molar-refractivity contribution in [1.82, 2.24) is 5.32 Å². The Labute approximate surface area is 99.6 Å². The van der Waals surface area contributed by atoms with Gasteiger partial charge >= 0.3 is 0 Å². The van der Waals surface area contributed by atoms with Crippen molar-refractivity contribution in [3.8, 4) is 0 Å². The van der Waals surface area contributed by atoms with Crippen molar-refractivity contribution in [2.45, 2.75) is 51.9 Å². The average molecular weight is 237 g/mol. The molecule has 0 bridgehead atoms. The number of nitrogens with one attached hydrogen (secondary N) is 1. The lowest BCUT2D eigenvalue weighted by Gasteiger charge is -2.03. The largest absolute Gasteiger partial charge is 0.356 e. The molecule has 0 spiro atoms. The van der Waals surface area contributed by atoms with Gasteiger partial charge in [0.1, 0.15) is 0 Å². The zero-order valence-corrected chi connectivity index (χ0v) is 10.6. The van der Waals surface area contributed by atoms with Gasteiger partial charge in [-0.05, 0) is 25.8 Å². The van der Waals surface area contributed by atoms with Gasteiger partial charge in [-0.1, -0.05) is 26.2 Å². The molecule has 0 atom stereocenters. The molecule has 0 aliphatic heterocycles. The molecule has 0 rings (SSSR count). The minimum atomic E-state index is 0. The number of carbonyl (C=O) groups is 1. The molecule has 15 heavy (non-hydrogen) atoms. The van der Waals surface area contributed by atoms with Crippen molar-refractivity contribution >= 4 is 18.3 Å². The molecule has 0 unspecified atom stereocenters. The van der Waals surface area contributed by atoms with Crippen molar-refractivity contribution < 1.29 is 4.79 Å². The third-order valence-electron chi connectivity index (χ3n) is 2.21. The third-order valence-corrected chi connectivity index (χ3v) is 2.21. The summed E-state index contributed by atoms with van der Waals surface area (Å²) >= 11 is 0. The van der Waals surface area contributed by atoms with Gasteiger partial charge < -0.3 is 11.1 Å². The van der Waals surface area contributed by atoms with Crippen LogP contribution in [0.15, 0.2) is 0 Å². The Morgan fingerprint density at radius 2 is 1.87 bits per heavy atom. The van der Waals surface area contributed by atoms with E-state index in [1.807, 2.05) is 0 Å². The Morgan fingerprint density at radius 1 is 1.13 bits per heavy atom. The fourth-order valence-electron chi connectivity index (χ4n) is 1.30. The first kappa shape index (κ1) is 17.1. The fraction of sp³-hybridized carbons (Fsp3) is 0.909. The summed E-state index contributed by atoms with van der Waals surface area (Å²) in [6.45, 7) is 3.73. The zero-order chi connectivity index (χ0) is 10.6. The second-order valence-electron chi connectivity index (χ2n) is 3.66. The molecule has 92 valence electrons. The van der Waals surface area contributed by atoms with E-state index >= 15 is 0 Å². The highest BCUT2D eigenvalue weighted by molar-refractivity contribution is 5.85. The normalized spacial score (nSPS) is 9.47. The first-order valence-electron chi connectivity index (χ1n) is 5.78. The van der Waals surface area contributed by atoms with Crippen LogP contribution in [0.2, 0.25) is 0 Å². The summed E-state index contributed by atoms with van der Waals surface area (Å²) in [6.07, 6.45) is 7.23. The predicted octanol–water partition coefficient (Wildman–Crippen LogP) is 2.23. The first-order valence-corrected chi connectivity index (χ1v) is 5.78. The van der Waals surface area contributed by atoms with Crippen LogP contribution in [0, 0.1) is 0 Å². The molecule has 1 amide bonds. The topological polar surface area (TPSA) is 55.1 Å². The van der Waals surface area contributed by atoms with Crippen LogP contribution in [-0.4, -0.2) is 19.0 Å². The standard InChI is InChI=1S/C11H24N2O.ClH/c1-2-3-7-10-13-11(14)8-5-4-6-9-12;/h2-10,12H2,1H3,(H,13,14);1H. The highest BCUT2D eigenvalue weighted by Crippen LogP contribution is 1.98. The number of rotatable bonds is 9. The van der Waals surface area contributed by atoms with Crippen molar-refractivity contribution in [3.63, 3.8) is 0 Å². The van der Waals surface area contributed by atoms with Crippen molar-refractivity contribution in [2.24, 2.45) is 5.73 Å². The van der Waals surface area contributed by atoms with Crippen LogP contribution in [0.5, 0.6) is 0 Å². The number of halogens is 1. The highest BCUT2D eigenvalue weighted by Gasteiger charge is 1.99. The minimum Gasteiger partial charge on any atom is -0.356 e. The minimum absolute atomic E-state index is 0. The molecule has 0 fully saturated rings. The number of unbranched alkanes of at least 4 members (excludes halogenated alkanes) is 4. The monoisotopic (exact) mass is 236 g/mol. The Bertz CT molecular complexity index is 129. The highest BCUT2D eigenvalue weighted by atomic mass is 35.5. The maximum absolute atomic E-state index is 11.2. The van der Waals surface area contributed by atoms with E-state index in [9.17, 15) is 4.79 Å². The Hall–Kier alpha value is -0.280. The lowest BCUT2D eigenvalue weighted by molar-refractivity contribution is -0.121. The van der Waals surface area contributed by atoms with Crippen LogP contribution in [0.1, 0.15) is 51.9 Å². The molecular formula is C11H25ClN2O. The summed E-state index contributed by atoms with van der Waals surface area (Å²) in [4.78, 5) is 11.2. The van der Waals surface area contributed by atoms with Crippen molar-refractivity contribution in [1.29, 1.82) is 0 Å². The number of hydrogen-bond donors (Lipinski definition) is 2. The SMILES string of the molecule is CCCCCNC(=O)CCCCCN.Cl. The van der Waals surface area contributed by atoms with Crippen LogP contribution in [0.4, 0.5) is 0 Å². The molecule has 0 radical (unpaired) electrons.